The van der Waals surface area contributed by atoms with E-state index in [9.17, 15) is 0 Å². The quantitative estimate of drug-likeness (QED) is 0.167. The number of nitrogens with one attached hydrogen (secondary N) is 1. The van der Waals surface area contributed by atoms with Gasteiger partial charge in [0.2, 0.25) is 0 Å². The topological polar surface area (TPSA) is 50.2 Å². The normalized spacial score (nSPS) is 11.0. The number of thioether (sulfide) groups is 1. The van der Waals surface area contributed by atoms with Crippen molar-refractivity contribution in [1.82, 2.24) is 9.97 Å². The van der Waals surface area contributed by atoms with Crippen molar-refractivity contribution in [2.24, 2.45) is 5.10 Å². The summed E-state index contributed by atoms with van der Waals surface area (Å²) >= 11 is 9.66. The Morgan fingerprint density at radius 1 is 1.12 bits per heavy atom. The molecule has 1 heterocycles. The average molecular weight is 481 g/mol. The van der Waals surface area contributed by atoms with E-state index >= 15 is 0 Å². The summed E-state index contributed by atoms with van der Waals surface area (Å²) in [5, 5.41) is 5.66. The first-order valence-corrected chi connectivity index (χ1v) is 9.89. The molecule has 0 fully saturated rings. The molecular formula is C18H14ClIN4S. The second-order valence-corrected chi connectivity index (χ2v) is 7.59. The highest BCUT2D eigenvalue weighted by Crippen LogP contribution is 2.22. The number of rotatable bonds is 6. The molecule has 1 aromatic heterocycles. The highest BCUT2D eigenvalue weighted by atomic mass is 127. The Labute approximate surface area is 169 Å². The van der Waals surface area contributed by atoms with Gasteiger partial charge in [-0.15, -0.1) is 0 Å². The van der Waals surface area contributed by atoms with Gasteiger partial charge in [-0.1, -0.05) is 65.8 Å². The number of halogens is 2. The number of nitrogens with zero attached hydrogens (tertiary/aromatic N) is 3. The fourth-order valence-electron chi connectivity index (χ4n) is 1.94. The molecule has 0 amide bonds. The van der Waals surface area contributed by atoms with E-state index in [1.807, 2.05) is 42.5 Å². The zero-order chi connectivity index (χ0) is 17.5. The predicted octanol–water partition coefficient (Wildman–Crippen LogP) is 5.47. The van der Waals surface area contributed by atoms with Crippen LogP contribution in [0.25, 0.3) is 0 Å². The first-order chi connectivity index (χ1) is 12.2. The maximum absolute atomic E-state index is 5.87. The van der Waals surface area contributed by atoms with Gasteiger partial charge in [-0.05, 0) is 45.9 Å². The third-order valence-corrected chi connectivity index (χ3v) is 5.16. The van der Waals surface area contributed by atoms with Crippen molar-refractivity contribution in [1.29, 1.82) is 0 Å². The molecule has 0 radical (unpaired) electrons. The summed E-state index contributed by atoms with van der Waals surface area (Å²) in [6.45, 7) is 0. The Kier molecular flexibility index (Phi) is 6.66. The number of hydrazone groups is 1. The van der Waals surface area contributed by atoms with Gasteiger partial charge in [-0.2, -0.15) is 5.10 Å². The summed E-state index contributed by atoms with van der Waals surface area (Å²) in [4.78, 5) is 8.90. The van der Waals surface area contributed by atoms with Crippen molar-refractivity contribution in [2.45, 2.75) is 10.9 Å². The first-order valence-electron chi connectivity index (χ1n) is 7.44. The maximum Gasteiger partial charge on any atom is 0.189 e. The zero-order valence-electron chi connectivity index (χ0n) is 13.1. The van der Waals surface area contributed by atoms with Crippen LogP contribution in [0.3, 0.4) is 0 Å². The number of benzene rings is 2. The third-order valence-electron chi connectivity index (χ3n) is 3.19. The van der Waals surface area contributed by atoms with Gasteiger partial charge in [0.05, 0.1) is 9.78 Å². The van der Waals surface area contributed by atoms with Crippen molar-refractivity contribution in [3.05, 3.63) is 80.5 Å². The van der Waals surface area contributed by atoms with E-state index in [1.54, 1.807) is 24.2 Å². The van der Waals surface area contributed by atoms with E-state index in [4.69, 9.17) is 11.6 Å². The van der Waals surface area contributed by atoms with Crippen LogP contribution in [0.5, 0.6) is 0 Å². The van der Waals surface area contributed by atoms with Crippen LogP contribution in [0.4, 0.5) is 5.82 Å². The minimum absolute atomic E-state index is 0.691. The highest BCUT2D eigenvalue weighted by Gasteiger charge is 2.05. The molecule has 25 heavy (non-hydrogen) atoms. The molecule has 0 aliphatic heterocycles. The molecule has 0 spiro atoms. The van der Waals surface area contributed by atoms with E-state index in [0.717, 1.165) is 14.9 Å². The minimum Gasteiger partial charge on any atom is -0.260 e. The van der Waals surface area contributed by atoms with Crippen LogP contribution in [0.1, 0.15) is 11.1 Å². The Balaban J connectivity index is 1.63. The van der Waals surface area contributed by atoms with Crippen LogP contribution in [-0.2, 0) is 5.75 Å². The molecule has 0 bridgehead atoms. The summed E-state index contributed by atoms with van der Waals surface area (Å²) in [5.74, 6) is 1.52. The largest absolute Gasteiger partial charge is 0.260 e. The lowest BCUT2D eigenvalue weighted by atomic mass is 10.2. The highest BCUT2D eigenvalue weighted by molar-refractivity contribution is 14.1. The molecule has 0 aliphatic carbocycles. The van der Waals surface area contributed by atoms with Crippen LogP contribution >= 0.6 is 46.0 Å². The van der Waals surface area contributed by atoms with Crippen LogP contribution in [0.15, 0.2) is 71.1 Å². The number of aromatic nitrogens is 2. The van der Waals surface area contributed by atoms with Crippen molar-refractivity contribution in [2.75, 3.05) is 5.43 Å². The molecule has 0 saturated heterocycles. The molecule has 0 atom stereocenters. The standard InChI is InChI=1S/C18H14ClIN4S/c19-15-8-6-13(7-9-15)10-22-24-17-16(20)11-21-18(23-17)25-12-14-4-2-1-3-5-14/h1-11H,12H2,(H,21,23,24)/b22-10+. The van der Waals surface area contributed by atoms with Crippen LogP contribution < -0.4 is 5.43 Å². The van der Waals surface area contributed by atoms with E-state index in [0.29, 0.717) is 16.0 Å². The minimum atomic E-state index is 0.691. The SMILES string of the molecule is Clc1ccc(/C=N/Nc2nc(SCc3ccccc3)ncc2I)cc1. The van der Waals surface area contributed by atoms with Crippen molar-refractivity contribution >= 4 is 58.0 Å². The molecule has 4 nitrogen and oxygen atoms in total. The molecule has 126 valence electrons. The Morgan fingerprint density at radius 2 is 1.88 bits per heavy atom. The second-order valence-electron chi connectivity index (χ2n) is 5.04. The van der Waals surface area contributed by atoms with Crippen LogP contribution in [0.2, 0.25) is 5.02 Å². The van der Waals surface area contributed by atoms with Crippen molar-refractivity contribution < 1.29 is 0 Å². The molecular weight excluding hydrogens is 467 g/mol. The molecule has 7 heteroatoms. The van der Waals surface area contributed by atoms with E-state index in [2.05, 4.69) is 55.2 Å². The maximum atomic E-state index is 5.87. The summed E-state index contributed by atoms with van der Waals surface area (Å²) in [7, 11) is 0. The Hall–Kier alpha value is -1.64. The van der Waals surface area contributed by atoms with Gasteiger partial charge in [0.1, 0.15) is 0 Å². The average Bonchev–Trinajstić information content (AvgIpc) is 2.64. The van der Waals surface area contributed by atoms with E-state index < -0.39 is 0 Å². The van der Waals surface area contributed by atoms with Gasteiger partial charge in [0.15, 0.2) is 11.0 Å². The molecule has 0 saturated carbocycles. The van der Waals surface area contributed by atoms with Crippen LogP contribution in [-0.4, -0.2) is 16.2 Å². The molecule has 3 rings (SSSR count). The van der Waals surface area contributed by atoms with Gasteiger partial charge in [0, 0.05) is 17.0 Å². The lowest BCUT2D eigenvalue weighted by Gasteiger charge is -2.05. The molecule has 3 aromatic rings. The molecule has 2 aromatic carbocycles. The molecule has 0 aliphatic rings. The fourth-order valence-corrected chi connectivity index (χ4v) is 3.22. The number of hydrogen-bond acceptors (Lipinski definition) is 5. The molecule has 0 unspecified atom stereocenters. The van der Waals surface area contributed by atoms with Crippen LogP contribution in [0, 0.1) is 3.57 Å². The summed E-state index contributed by atoms with van der Waals surface area (Å²) in [6, 6.07) is 17.7. The van der Waals surface area contributed by atoms with E-state index in [1.165, 1.54) is 5.56 Å². The monoisotopic (exact) mass is 480 g/mol. The van der Waals surface area contributed by atoms with Crippen molar-refractivity contribution in [3.63, 3.8) is 0 Å². The second kappa shape index (κ2) is 9.17. The van der Waals surface area contributed by atoms with Gasteiger partial charge in [-0.3, -0.25) is 5.43 Å². The lowest BCUT2D eigenvalue weighted by Crippen LogP contribution is -1.99. The third kappa shape index (κ3) is 5.69. The fraction of sp³-hybridized carbons (Fsp3) is 0.0556. The first kappa shape index (κ1) is 18.2. The number of hydrogen-bond donors (Lipinski definition) is 1. The van der Waals surface area contributed by atoms with Gasteiger partial charge in [0.25, 0.3) is 0 Å². The van der Waals surface area contributed by atoms with Crippen molar-refractivity contribution in [3.8, 4) is 0 Å². The Morgan fingerprint density at radius 3 is 2.64 bits per heavy atom. The number of anilines is 1. The summed E-state index contributed by atoms with van der Waals surface area (Å²) in [6.07, 6.45) is 3.52. The van der Waals surface area contributed by atoms with Gasteiger partial charge >= 0.3 is 0 Å². The van der Waals surface area contributed by atoms with Gasteiger partial charge < -0.3 is 0 Å². The zero-order valence-corrected chi connectivity index (χ0v) is 16.8. The smallest absolute Gasteiger partial charge is 0.189 e. The summed E-state index contributed by atoms with van der Waals surface area (Å²) in [5.41, 5.74) is 5.18. The van der Waals surface area contributed by atoms with E-state index in [-0.39, 0.29) is 0 Å². The lowest BCUT2D eigenvalue weighted by molar-refractivity contribution is 0.953. The van der Waals surface area contributed by atoms with Gasteiger partial charge in [-0.25, -0.2) is 9.97 Å². The molecule has 1 N–H and O–H groups in total. The summed E-state index contributed by atoms with van der Waals surface area (Å²) < 4.78 is 0.912. The Bertz CT molecular complexity index is 857. The predicted molar refractivity (Wildman–Crippen MR) is 113 cm³/mol.